The summed E-state index contributed by atoms with van der Waals surface area (Å²) in [7, 11) is 0. The summed E-state index contributed by atoms with van der Waals surface area (Å²) in [6.45, 7) is 0. The van der Waals surface area contributed by atoms with Gasteiger partial charge in [-0.15, -0.1) is 0 Å². The Kier molecular flexibility index (Phi) is 3.25. The second kappa shape index (κ2) is 5.32. The molecule has 3 nitrogen and oxygen atoms in total. The predicted octanol–water partition coefficient (Wildman–Crippen LogP) is 3.56. The van der Waals surface area contributed by atoms with Crippen molar-refractivity contribution in [2.75, 3.05) is 5.73 Å². The summed E-state index contributed by atoms with van der Waals surface area (Å²) in [5, 5.41) is 11.4. The quantitative estimate of drug-likeness (QED) is 0.711. The summed E-state index contributed by atoms with van der Waals surface area (Å²) in [6.07, 6.45) is 0.157. The molecule has 0 fully saturated rings. The van der Waals surface area contributed by atoms with E-state index in [2.05, 4.69) is 0 Å². The molecule has 0 bridgehead atoms. The van der Waals surface area contributed by atoms with Crippen molar-refractivity contribution in [3.8, 4) is 11.1 Å². The summed E-state index contributed by atoms with van der Waals surface area (Å²) in [5.41, 5.74) is 8.71. The number of fused-ring (bicyclic) bond motifs is 3. The zero-order chi connectivity index (χ0) is 16.7. The van der Waals surface area contributed by atoms with Crippen LogP contribution in [0.25, 0.3) is 11.1 Å². The number of anilines is 1. The second-order valence-electron chi connectivity index (χ2n) is 6.16. The van der Waals surface area contributed by atoms with Crippen molar-refractivity contribution in [1.82, 2.24) is 0 Å². The van der Waals surface area contributed by atoms with Gasteiger partial charge in [-0.05, 0) is 28.3 Å². The number of carbonyl (C=O) groups excluding carboxylic acids is 1. The van der Waals surface area contributed by atoms with E-state index < -0.39 is 5.60 Å². The predicted molar refractivity (Wildman–Crippen MR) is 94.7 cm³/mol. The highest BCUT2D eigenvalue weighted by Crippen LogP contribution is 2.43. The molecule has 118 valence electrons. The number of nitrogen functional groups attached to an aromatic ring is 1. The van der Waals surface area contributed by atoms with Gasteiger partial charge in [-0.3, -0.25) is 4.79 Å². The van der Waals surface area contributed by atoms with E-state index in [0.29, 0.717) is 16.8 Å². The lowest BCUT2D eigenvalue weighted by molar-refractivity contribution is 0.0294. The van der Waals surface area contributed by atoms with E-state index >= 15 is 0 Å². The molecule has 1 aliphatic rings. The molecule has 3 N–H and O–H groups in total. The fourth-order valence-electron chi connectivity index (χ4n) is 3.49. The molecule has 0 saturated carbocycles. The average Bonchev–Trinajstić information content (AvgIpc) is 2.62. The number of aliphatic hydroxyl groups is 1. The highest BCUT2D eigenvalue weighted by molar-refractivity contribution is 6.11. The third-order valence-electron chi connectivity index (χ3n) is 4.71. The number of Topliss-reactive ketones (excluding diaryl/α,β-unsaturated/α-hetero) is 1. The molecule has 0 aliphatic heterocycles. The van der Waals surface area contributed by atoms with Crippen LogP contribution in [0.1, 0.15) is 21.5 Å². The van der Waals surface area contributed by atoms with Crippen molar-refractivity contribution in [3.05, 3.63) is 89.5 Å². The Bertz CT molecular complexity index is 948. The topological polar surface area (TPSA) is 63.3 Å². The Balaban J connectivity index is 1.93. The van der Waals surface area contributed by atoms with Crippen molar-refractivity contribution < 1.29 is 9.90 Å². The van der Waals surface area contributed by atoms with Crippen LogP contribution < -0.4 is 5.73 Å². The van der Waals surface area contributed by atoms with Gasteiger partial charge in [-0.2, -0.15) is 0 Å². The maximum atomic E-state index is 13.1. The van der Waals surface area contributed by atoms with Gasteiger partial charge < -0.3 is 10.8 Å². The summed E-state index contributed by atoms with van der Waals surface area (Å²) in [5.74, 6) is -0.278. The first kappa shape index (κ1) is 14.7. The molecule has 1 unspecified atom stereocenters. The van der Waals surface area contributed by atoms with Gasteiger partial charge in [0.2, 0.25) is 0 Å². The summed E-state index contributed by atoms with van der Waals surface area (Å²) >= 11 is 0. The molecule has 1 aliphatic carbocycles. The number of hydrogen-bond acceptors (Lipinski definition) is 3. The number of carbonyl (C=O) groups is 1. The van der Waals surface area contributed by atoms with Crippen LogP contribution in [0.2, 0.25) is 0 Å². The van der Waals surface area contributed by atoms with E-state index in [1.54, 1.807) is 12.1 Å². The molecule has 1 atom stereocenters. The van der Waals surface area contributed by atoms with Gasteiger partial charge in [-0.1, -0.05) is 66.7 Å². The fraction of sp³-hybridized carbons (Fsp3) is 0.0952. The van der Waals surface area contributed by atoms with Gasteiger partial charge in [0, 0.05) is 17.7 Å². The molecule has 3 heteroatoms. The molecule has 0 saturated heterocycles. The number of benzene rings is 3. The van der Waals surface area contributed by atoms with Crippen LogP contribution in [0, 0.1) is 0 Å². The minimum atomic E-state index is -1.61. The fourth-order valence-corrected chi connectivity index (χ4v) is 3.49. The Hall–Kier alpha value is -2.91. The Morgan fingerprint density at radius 1 is 0.792 bits per heavy atom. The molecule has 4 rings (SSSR count). The van der Waals surface area contributed by atoms with Gasteiger partial charge in [0.25, 0.3) is 0 Å². The first-order valence-electron chi connectivity index (χ1n) is 7.91. The number of rotatable bonds is 2. The normalized spacial score (nSPS) is 18.8. The van der Waals surface area contributed by atoms with Gasteiger partial charge in [0.1, 0.15) is 0 Å². The van der Waals surface area contributed by atoms with Crippen LogP contribution in [0.15, 0.2) is 72.8 Å². The third kappa shape index (κ3) is 2.06. The van der Waals surface area contributed by atoms with E-state index in [1.165, 1.54) is 0 Å². The summed E-state index contributed by atoms with van der Waals surface area (Å²) in [4.78, 5) is 13.1. The van der Waals surface area contributed by atoms with E-state index in [1.807, 2.05) is 60.7 Å². The number of hydrogen-bond donors (Lipinski definition) is 2. The number of ketones is 1. The third-order valence-corrected chi connectivity index (χ3v) is 4.71. The van der Waals surface area contributed by atoms with Gasteiger partial charge in [-0.25, -0.2) is 0 Å². The maximum Gasteiger partial charge on any atom is 0.199 e. The lowest BCUT2D eigenvalue weighted by atomic mass is 9.72. The Morgan fingerprint density at radius 3 is 2.12 bits per heavy atom. The second-order valence-corrected chi connectivity index (χ2v) is 6.16. The molecule has 0 amide bonds. The maximum absolute atomic E-state index is 13.1. The first-order chi connectivity index (χ1) is 11.6. The standard InChI is InChI=1S/C21H17NO2/c22-19-12-6-1-7-14(19)13-21(24)18-11-5-4-9-16(18)15-8-2-3-10-17(15)20(21)23/h1-12,24H,13,22H2. The van der Waals surface area contributed by atoms with Gasteiger partial charge in [0.05, 0.1) is 0 Å². The van der Waals surface area contributed by atoms with Crippen LogP contribution in [0.3, 0.4) is 0 Å². The highest BCUT2D eigenvalue weighted by atomic mass is 16.3. The summed E-state index contributed by atoms with van der Waals surface area (Å²) in [6, 6.07) is 22.3. The SMILES string of the molecule is Nc1ccccc1CC1(O)C(=O)c2ccccc2-c2ccccc21. The van der Waals surface area contributed by atoms with Gasteiger partial charge >= 0.3 is 0 Å². The molecule has 0 spiro atoms. The average molecular weight is 315 g/mol. The van der Waals surface area contributed by atoms with Crippen LogP contribution >= 0.6 is 0 Å². The van der Waals surface area contributed by atoms with Crippen molar-refractivity contribution in [2.24, 2.45) is 0 Å². The lowest BCUT2D eigenvalue weighted by Crippen LogP contribution is -2.41. The number of para-hydroxylation sites is 1. The first-order valence-corrected chi connectivity index (χ1v) is 7.91. The molecule has 0 aromatic heterocycles. The van der Waals surface area contributed by atoms with Crippen LogP contribution in [0.4, 0.5) is 5.69 Å². The van der Waals surface area contributed by atoms with E-state index in [0.717, 1.165) is 16.7 Å². The molecule has 0 radical (unpaired) electrons. The monoisotopic (exact) mass is 315 g/mol. The lowest BCUT2D eigenvalue weighted by Gasteiger charge is -2.34. The van der Waals surface area contributed by atoms with Crippen LogP contribution in [-0.4, -0.2) is 10.9 Å². The van der Waals surface area contributed by atoms with Crippen molar-refractivity contribution in [1.29, 1.82) is 0 Å². The number of nitrogens with two attached hydrogens (primary N) is 1. The molecule has 24 heavy (non-hydrogen) atoms. The zero-order valence-corrected chi connectivity index (χ0v) is 13.1. The van der Waals surface area contributed by atoms with Crippen molar-refractivity contribution >= 4 is 11.5 Å². The minimum Gasteiger partial charge on any atom is -0.399 e. The van der Waals surface area contributed by atoms with Gasteiger partial charge in [0.15, 0.2) is 11.4 Å². The zero-order valence-electron chi connectivity index (χ0n) is 13.1. The Labute approximate surface area is 140 Å². The van der Waals surface area contributed by atoms with Crippen LogP contribution in [0.5, 0.6) is 0 Å². The van der Waals surface area contributed by atoms with Crippen molar-refractivity contribution in [2.45, 2.75) is 12.0 Å². The van der Waals surface area contributed by atoms with E-state index in [4.69, 9.17) is 5.73 Å². The molecule has 3 aromatic rings. The minimum absolute atomic E-state index is 0.157. The molecular formula is C21H17NO2. The Morgan fingerprint density at radius 2 is 1.38 bits per heavy atom. The van der Waals surface area contributed by atoms with E-state index in [9.17, 15) is 9.90 Å². The molecular weight excluding hydrogens is 298 g/mol. The molecule has 3 aromatic carbocycles. The van der Waals surface area contributed by atoms with E-state index in [-0.39, 0.29) is 12.2 Å². The summed E-state index contributed by atoms with van der Waals surface area (Å²) < 4.78 is 0. The largest absolute Gasteiger partial charge is 0.399 e. The molecule has 0 heterocycles. The highest BCUT2D eigenvalue weighted by Gasteiger charge is 2.44. The van der Waals surface area contributed by atoms with Crippen molar-refractivity contribution in [3.63, 3.8) is 0 Å². The van der Waals surface area contributed by atoms with Crippen LogP contribution in [-0.2, 0) is 12.0 Å². The smallest absolute Gasteiger partial charge is 0.199 e.